The minimum Gasteiger partial charge on any atom is -0.383 e. The van der Waals surface area contributed by atoms with Gasteiger partial charge in [0.05, 0.1) is 22.2 Å². The molecule has 124 valence electrons. The van der Waals surface area contributed by atoms with Crippen molar-refractivity contribution < 1.29 is 17.5 Å². The van der Waals surface area contributed by atoms with Crippen LogP contribution in [0.5, 0.6) is 0 Å². The van der Waals surface area contributed by atoms with Crippen LogP contribution in [0.15, 0.2) is 17.0 Å². The Morgan fingerprint density at radius 1 is 1.41 bits per heavy atom. The molecule has 1 aliphatic heterocycles. The largest absolute Gasteiger partial charge is 0.383 e. The van der Waals surface area contributed by atoms with Gasteiger partial charge in [0.25, 0.3) is 0 Å². The van der Waals surface area contributed by atoms with E-state index in [9.17, 15) is 12.8 Å². The molecular formula is C13H17Cl2FN2O3S. The number of hydrogen-bond donors (Lipinski definition) is 2. The van der Waals surface area contributed by atoms with Gasteiger partial charge in [0.15, 0.2) is 0 Å². The molecule has 2 N–H and O–H groups in total. The molecule has 1 atom stereocenters. The van der Waals surface area contributed by atoms with E-state index in [0.29, 0.717) is 6.61 Å². The Morgan fingerprint density at radius 3 is 2.55 bits per heavy atom. The maximum atomic E-state index is 13.2. The maximum absolute atomic E-state index is 13.2. The summed E-state index contributed by atoms with van der Waals surface area (Å²) in [6.07, 6.45) is 1.72. The Kier molecular flexibility index (Phi) is 5.68. The van der Waals surface area contributed by atoms with E-state index in [-0.39, 0.29) is 21.5 Å². The standard InChI is InChI=1S/C13H17Cl2FN2O3S/c1-21-8-13(3-2-4-17-13)7-18-22(19,20)12-10(14)5-9(16)6-11(12)15/h5-6,17-18H,2-4,7-8H2,1H3. The number of halogens is 3. The SMILES string of the molecule is COCC1(CNS(=O)(=O)c2c(Cl)cc(F)cc2Cl)CCCN1. The first-order valence-electron chi connectivity index (χ1n) is 6.68. The normalized spacial score (nSPS) is 22.2. The highest BCUT2D eigenvalue weighted by Gasteiger charge is 2.35. The van der Waals surface area contributed by atoms with Crippen molar-refractivity contribution >= 4 is 33.2 Å². The zero-order valence-electron chi connectivity index (χ0n) is 12.0. The summed E-state index contributed by atoms with van der Waals surface area (Å²) < 4.78 is 45.7. The number of hydrogen-bond acceptors (Lipinski definition) is 4. The highest BCUT2D eigenvalue weighted by atomic mass is 35.5. The molecule has 2 rings (SSSR count). The molecule has 0 bridgehead atoms. The number of methoxy groups -OCH3 is 1. The lowest BCUT2D eigenvalue weighted by molar-refractivity contribution is 0.122. The molecule has 1 fully saturated rings. The van der Waals surface area contributed by atoms with Gasteiger partial charge in [0, 0.05) is 13.7 Å². The molecule has 22 heavy (non-hydrogen) atoms. The number of rotatable bonds is 6. The van der Waals surface area contributed by atoms with Crippen molar-refractivity contribution in [3.05, 3.63) is 28.0 Å². The Bertz CT molecular complexity index is 626. The van der Waals surface area contributed by atoms with Gasteiger partial charge in [-0.3, -0.25) is 0 Å². The first-order valence-corrected chi connectivity index (χ1v) is 8.92. The van der Waals surface area contributed by atoms with Gasteiger partial charge < -0.3 is 10.1 Å². The van der Waals surface area contributed by atoms with E-state index >= 15 is 0 Å². The van der Waals surface area contributed by atoms with Gasteiger partial charge >= 0.3 is 0 Å². The fraction of sp³-hybridized carbons (Fsp3) is 0.538. The minimum atomic E-state index is -3.96. The van der Waals surface area contributed by atoms with E-state index < -0.39 is 21.4 Å². The van der Waals surface area contributed by atoms with E-state index in [1.54, 1.807) is 7.11 Å². The average Bonchev–Trinajstić information content (AvgIpc) is 2.84. The summed E-state index contributed by atoms with van der Waals surface area (Å²) >= 11 is 11.7. The third-order valence-corrected chi connectivity index (χ3v) is 5.91. The van der Waals surface area contributed by atoms with Crippen molar-refractivity contribution in [2.45, 2.75) is 23.3 Å². The molecule has 9 heteroatoms. The number of benzene rings is 1. The predicted molar refractivity (Wildman–Crippen MR) is 83.5 cm³/mol. The van der Waals surface area contributed by atoms with E-state index in [1.807, 2.05) is 0 Å². The molecule has 0 aliphatic carbocycles. The van der Waals surface area contributed by atoms with Gasteiger partial charge in [-0.15, -0.1) is 0 Å². The number of ether oxygens (including phenoxy) is 1. The second-order valence-corrected chi connectivity index (χ2v) is 7.78. The van der Waals surface area contributed by atoms with Crippen LogP contribution in [0.1, 0.15) is 12.8 Å². The molecule has 0 radical (unpaired) electrons. The average molecular weight is 371 g/mol. The second-order valence-electron chi connectivity index (χ2n) is 5.27. The summed E-state index contributed by atoms with van der Waals surface area (Å²) in [4.78, 5) is -0.317. The van der Waals surface area contributed by atoms with Gasteiger partial charge in [-0.25, -0.2) is 17.5 Å². The summed E-state index contributed by atoms with van der Waals surface area (Å²) in [6.45, 7) is 1.30. The molecule has 1 aromatic rings. The summed E-state index contributed by atoms with van der Waals surface area (Å²) in [5, 5.41) is 2.75. The molecule has 0 spiro atoms. The molecule has 1 unspecified atom stereocenters. The van der Waals surface area contributed by atoms with Crippen molar-refractivity contribution in [1.82, 2.24) is 10.0 Å². The molecule has 0 saturated carbocycles. The zero-order chi connectivity index (χ0) is 16.4. The molecule has 1 saturated heterocycles. The second kappa shape index (κ2) is 6.98. The summed E-state index contributed by atoms with van der Waals surface area (Å²) in [5.74, 6) is -0.692. The van der Waals surface area contributed by atoms with E-state index in [1.165, 1.54) is 0 Å². The smallest absolute Gasteiger partial charge is 0.243 e. The Morgan fingerprint density at radius 2 is 2.05 bits per heavy atom. The van der Waals surface area contributed by atoms with Gasteiger partial charge in [-0.2, -0.15) is 0 Å². The lowest BCUT2D eigenvalue weighted by Gasteiger charge is -2.29. The van der Waals surface area contributed by atoms with Crippen LogP contribution in [-0.4, -0.2) is 40.8 Å². The molecule has 1 aromatic carbocycles. The quantitative estimate of drug-likeness (QED) is 0.805. The molecule has 5 nitrogen and oxygen atoms in total. The van der Waals surface area contributed by atoms with Crippen LogP contribution in [-0.2, 0) is 14.8 Å². The molecule has 1 heterocycles. The van der Waals surface area contributed by atoms with Crippen molar-refractivity contribution in [1.29, 1.82) is 0 Å². The molecular weight excluding hydrogens is 354 g/mol. The van der Waals surface area contributed by atoms with Gasteiger partial charge in [0.2, 0.25) is 10.0 Å². The molecule has 0 amide bonds. The van der Waals surface area contributed by atoms with Crippen molar-refractivity contribution in [3.8, 4) is 0 Å². The first-order chi connectivity index (χ1) is 10.3. The number of nitrogens with one attached hydrogen (secondary N) is 2. The van der Waals surface area contributed by atoms with Crippen LogP contribution in [0.3, 0.4) is 0 Å². The zero-order valence-corrected chi connectivity index (χ0v) is 14.3. The summed E-state index contributed by atoms with van der Waals surface area (Å²) in [7, 11) is -2.40. The van der Waals surface area contributed by atoms with Crippen LogP contribution < -0.4 is 10.0 Å². The van der Waals surface area contributed by atoms with E-state index in [4.69, 9.17) is 27.9 Å². The van der Waals surface area contributed by atoms with Gasteiger partial charge in [-0.1, -0.05) is 23.2 Å². The predicted octanol–water partition coefficient (Wildman–Crippen LogP) is 2.18. The topological polar surface area (TPSA) is 67.4 Å². The monoisotopic (exact) mass is 370 g/mol. The highest BCUT2D eigenvalue weighted by Crippen LogP contribution is 2.30. The van der Waals surface area contributed by atoms with E-state index in [0.717, 1.165) is 31.5 Å². The third kappa shape index (κ3) is 3.90. The fourth-order valence-corrected chi connectivity index (χ4v) is 4.87. The Labute approximate surface area is 139 Å². The fourth-order valence-electron chi connectivity index (χ4n) is 2.56. The lowest BCUT2D eigenvalue weighted by atomic mass is 9.99. The first kappa shape index (κ1) is 17.9. The van der Waals surface area contributed by atoms with Gasteiger partial charge in [0.1, 0.15) is 10.7 Å². The summed E-state index contributed by atoms with van der Waals surface area (Å²) in [5.41, 5.74) is -0.458. The minimum absolute atomic E-state index is 0.132. The molecule has 0 aromatic heterocycles. The van der Waals surface area contributed by atoms with Crippen LogP contribution >= 0.6 is 23.2 Å². The van der Waals surface area contributed by atoms with Crippen molar-refractivity contribution in [2.24, 2.45) is 0 Å². The Balaban J connectivity index is 2.21. The third-order valence-electron chi connectivity index (χ3n) is 3.59. The van der Waals surface area contributed by atoms with E-state index in [2.05, 4.69) is 10.0 Å². The molecule has 1 aliphatic rings. The summed E-state index contributed by atoms with van der Waals surface area (Å²) in [6, 6.07) is 1.83. The van der Waals surface area contributed by atoms with Crippen LogP contribution in [0.4, 0.5) is 4.39 Å². The van der Waals surface area contributed by atoms with Crippen LogP contribution in [0.25, 0.3) is 0 Å². The van der Waals surface area contributed by atoms with Crippen LogP contribution in [0, 0.1) is 5.82 Å². The highest BCUT2D eigenvalue weighted by molar-refractivity contribution is 7.89. The number of sulfonamides is 1. The van der Waals surface area contributed by atoms with Gasteiger partial charge in [-0.05, 0) is 31.5 Å². The lowest BCUT2D eigenvalue weighted by Crippen LogP contribution is -2.52. The van der Waals surface area contributed by atoms with Crippen molar-refractivity contribution in [2.75, 3.05) is 26.8 Å². The van der Waals surface area contributed by atoms with Crippen LogP contribution in [0.2, 0.25) is 10.0 Å². The van der Waals surface area contributed by atoms with Crippen molar-refractivity contribution in [3.63, 3.8) is 0 Å². The Hall–Kier alpha value is -0.440. The maximum Gasteiger partial charge on any atom is 0.243 e.